The maximum atomic E-state index is 12.2. The smallest absolute Gasteiger partial charge is 0.216 e. The third-order valence-electron chi connectivity index (χ3n) is 3.06. The van der Waals surface area contributed by atoms with Gasteiger partial charge in [0.2, 0.25) is 20.1 Å². The number of nitrogens with zero attached hydrogens (tertiary/aromatic N) is 1. The number of benzene rings is 1. The number of hydrogen-bond acceptors (Lipinski definition) is 5. The van der Waals surface area contributed by atoms with E-state index in [0.717, 1.165) is 22.5 Å². The molecule has 1 N–H and O–H groups in total. The summed E-state index contributed by atoms with van der Waals surface area (Å²) < 4.78 is 24.6. The number of thiazole rings is 1. The molecule has 22 heavy (non-hydrogen) atoms. The monoisotopic (exact) mass is 338 g/mol. The van der Waals surface area contributed by atoms with Crippen LogP contribution in [0.2, 0.25) is 0 Å². The minimum Gasteiger partial charge on any atom is -0.356 e. The predicted molar refractivity (Wildman–Crippen MR) is 87.6 cm³/mol. The van der Waals surface area contributed by atoms with Crippen molar-refractivity contribution in [1.29, 1.82) is 0 Å². The Labute approximate surface area is 134 Å². The van der Waals surface area contributed by atoms with Crippen molar-refractivity contribution in [3.8, 4) is 11.3 Å². The molecule has 0 aliphatic rings. The average Bonchev–Trinajstić information content (AvgIpc) is 2.95. The summed E-state index contributed by atoms with van der Waals surface area (Å²) in [7, 11) is -3.40. The van der Waals surface area contributed by atoms with E-state index in [0.29, 0.717) is 18.7 Å². The standard InChI is InChI=1S/C15H18N2O3S2/c1-11-4-6-13(7-5-11)14-10-21-15(17-14)22(19,20)9-3-8-16-12(2)18/h4-7,10H,3,8-9H2,1-2H3,(H,16,18). The molecule has 2 rings (SSSR count). The molecule has 0 aliphatic heterocycles. The highest BCUT2D eigenvalue weighted by atomic mass is 32.2. The van der Waals surface area contributed by atoms with E-state index >= 15 is 0 Å². The fraction of sp³-hybridized carbons (Fsp3) is 0.333. The van der Waals surface area contributed by atoms with Gasteiger partial charge in [0.25, 0.3) is 0 Å². The molecular weight excluding hydrogens is 320 g/mol. The Morgan fingerprint density at radius 3 is 2.59 bits per heavy atom. The number of amides is 1. The molecule has 0 spiro atoms. The molecule has 0 saturated heterocycles. The Hall–Kier alpha value is -1.73. The van der Waals surface area contributed by atoms with Crippen LogP contribution in [0.15, 0.2) is 34.0 Å². The summed E-state index contributed by atoms with van der Waals surface area (Å²) in [5, 5.41) is 4.34. The van der Waals surface area contributed by atoms with Gasteiger partial charge in [-0.05, 0) is 13.3 Å². The Balaban J connectivity index is 2.06. The number of sulfone groups is 1. The molecule has 118 valence electrons. The van der Waals surface area contributed by atoms with Gasteiger partial charge < -0.3 is 5.32 Å². The third kappa shape index (κ3) is 4.38. The Bertz CT molecular complexity index is 749. The van der Waals surface area contributed by atoms with Crippen molar-refractivity contribution < 1.29 is 13.2 Å². The topological polar surface area (TPSA) is 76.1 Å². The van der Waals surface area contributed by atoms with Crippen molar-refractivity contribution in [2.24, 2.45) is 0 Å². The van der Waals surface area contributed by atoms with Gasteiger partial charge in [0.1, 0.15) is 0 Å². The molecule has 7 heteroatoms. The molecule has 0 fully saturated rings. The second-order valence-electron chi connectivity index (χ2n) is 5.02. The predicted octanol–water partition coefficient (Wildman–Crippen LogP) is 2.42. The number of carbonyl (C=O) groups excluding carboxylic acids is 1. The summed E-state index contributed by atoms with van der Waals surface area (Å²) in [5.41, 5.74) is 2.72. The Morgan fingerprint density at radius 1 is 1.27 bits per heavy atom. The lowest BCUT2D eigenvalue weighted by Crippen LogP contribution is -2.23. The van der Waals surface area contributed by atoms with Crippen LogP contribution in [-0.4, -0.2) is 31.6 Å². The van der Waals surface area contributed by atoms with E-state index in [4.69, 9.17) is 0 Å². The summed E-state index contributed by atoms with van der Waals surface area (Å²) in [6.07, 6.45) is 0.376. The molecule has 0 radical (unpaired) electrons. The lowest BCUT2D eigenvalue weighted by molar-refractivity contribution is -0.118. The first-order chi connectivity index (χ1) is 10.4. The Morgan fingerprint density at radius 2 is 1.95 bits per heavy atom. The maximum absolute atomic E-state index is 12.2. The largest absolute Gasteiger partial charge is 0.356 e. The van der Waals surface area contributed by atoms with Gasteiger partial charge in [0, 0.05) is 24.4 Å². The van der Waals surface area contributed by atoms with Gasteiger partial charge in [-0.2, -0.15) is 0 Å². The fourth-order valence-corrected chi connectivity index (χ4v) is 4.34. The van der Waals surface area contributed by atoms with Crippen LogP contribution in [-0.2, 0) is 14.6 Å². The molecule has 2 aromatic rings. The summed E-state index contributed by atoms with van der Waals surface area (Å²) in [5.74, 6) is -0.179. The van der Waals surface area contributed by atoms with Gasteiger partial charge in [-0.3, -0.25) is 4.79 Å². The van der Waals surface area contributed by atoms with Gasteiger partial charge in [-0.15, -0.1) is 11.3 Å². The lowest BCUT2D eigenvalue weighted by atomic mass is 10.1. The van der Waals surface area contributed by atoms with Crippen LogP contribution in [0, 0.1) is 6.92 Å². The lowest BCUT2D eigenvalue weighted by Gasteiger charge is -2.02. The van der Waals surface area contributed by atoms with Crippen LogP contribution in [0.3, 0.4) is 0 Å². The molecule has 1 aromatic heterocycles. The minimum atomic E-state index is -3.40. The highest BCUT2D eigenvalue weighted by molar-refractivity contribution is 7.93. The molecule has 1 amide bonds. The number of aromatic nitrogens is 1. The van der Waals surface area contributed by atoms with Crippen molar-refractivity contribution in [3.63, 3.8) is 0 Å². The van der Waals surface area contributed by atoms with E-state index in [-0.39, 0.29) is 16.0 Å². The van der Waals surface area contributed by atoms with Crippen molar-refractivity contribution in [3.05, 3.63) is 35.2 Å². The second-order valence-corrected chi connectivity index (χ2v) is 8.16. The number of rotatable bonds is 6. The molecule has 0 bridgehead atoms. The summed E-state index contributed by atoms with van der Waals surface area (Å²) in [6, 6.07) is 7.79. The molecule has 5 nitrogen and oxygen atoms in total. The molecular formula is C15H18N2O3S2. The van der Waals surface area contributed by atoms with Crippen LogP contribution in [0.1, 0.15) is 18.9 Å². The van der Waals surface area contributed by atoms with Gasteiger partial charge in [-0.25, -0.2) is 13.4 Å². The van der Waals surface area contributed by atoms with Crippen LogP contribution in [0.25, 0.3) is 11.3 Å². The SMILES string of the molecule is CC(=O)NCCCS(=O)(=O)c1nc(-c2ccc(C)cc2)cs1. The number of carbonyl (C=O) groups is 1. The number of hydrogen-bond donors (Lipinski definition) is 1. The van der Waals surface area contributed by atoms with E-state index in [9.17, 15) is 13.2 Å². The van der Waals surface area contributed by atoms with Gasteiger partial charge >= 0.3 is 0 Å². The molecule has 1 heterocycles. The minimum absolute atomic E-state index is 0.0197. The van der Waals surface area contributed by atoms with Crippen LogP contribution in [0.5, 0.6) is 0 Å². The zero-order chi connectivity index (χ0) is 16.2. The highest BCUT2D eigenvalue weighted by Crippen LogP contribution is 2.25. The summed E-state index contributed by atoms with van der Waals surface area (Å²) >= 11 is 1.13. The quantitative estimate of drug-likeness (QED) is 0.821. The first-order valence-electron chi connectivity index (χ1n) is 6.88. The summed E-state index contributed by atoms with van der Waals surface area (Å²) in [6.45, 7) is 3.75. The molecule has 0 saturated carbocycles. The number of nitrogens with one attached hydrogen (secondary N) is 1. The molecule has 0 atom stereocenters. The van der Waals surface area contributed by atoms with Crippen molar-refractivity contribution in [2.45, 2.75) is 24.6 Å². The first-order valence-corrected chi connectivity index (χ1v) is 9.41. The first kappa shape index (κ1) is 16.6. The zero-order valence-corrected chi connectivity index (χ0v) is 14.1. The molecule has 0 unspecified atom stereocenters. The summed E-state index contributed by atoms with van der Waals surface area (Å²) in [4.78, 5) is 15.0. The van der Waals surface area contributed by atoms with Crippen LogP contribution >= 0.6 is 11.3 Å². The van der Waals surface area contributed by atoms with Crippen LogP contribution < -0.4 is 5.32 Å². The molecule has 0 aliphatic carbocycles. The van der Waals surface area contributed by atoms with E-state index in [1.807, 2.05) is 31.2 Å². The van der Waals surface area contributed by atoms with E-state index in [1.165, 1.54) is 6.92 Å². The van der Waals surface area contributed by atoms with Crippen molar-refractivity contribution >= 4 is 27.1 Å². The van der Waals surface area contributed by atoms with Gasteiger partial charge in [0.15, 0.2) is 0 Å². The van der Waals surface area contributed by atoms with Gasteiger partial charge in [-0.1, -0.05) is 29.8 Å². The van der Waals surface area contributed by atoms with Gasteiger partial charge in [0.05, 0.1) is 11.4 Å². The van der Waals surface area contributed by atoms with Crippen LogP contribution in [0.4, 0.5) is 0 Å². The number of aryl methyl sites for hydroxylation is 1. The normalized spacial score (nSPS) is 11.4. The zero-order valence-electron chi connectivity index (χ0n) is 12.5. The van der Waals surface area contributed by atoms with Crippen molar-refractivity contribution in [1.82, 2.24) is 10.3 Å². The maximum Gasteiger partial charge on any atom is 0.216 e. The fourth-order valence-electron chi connectivity index (χ4n) is 1.87. The van der Waals surface area contributed by atoms with E-state index < -0.39 is 9.84 Å². The second kappa shape index (κ2) is 7.02. The Kier molecular flexibility index (Phi) is 5.31. The van der Waals surface area contributed by atoms with E-state index in [2.05, 4.69) is 10.3 Å². The van der Waals surface area contributed by atoms with Crippen molar-refractivity contribution in [2.75, 3.05) is 12.3 Å². The highest BCUT2D eigenvalue weighted by Gasteiger charge is 2.19. The average molecular weight is 338 g/mol. The third-order valence-corrected chi connectivity index (χ3v) is 6.19. The molecule has 1 aromatic carbocycles. The van der Waals surface area contributed by atoms with E-state index in [1.54, 1.807) is 5.38 Å².